The van der Waals surface area contributed by atoms with Crippen LogP contribution < -0.4 is 10.6 Å². The molecular weight excluding hydrogens is 192 g/mol. The van der Waals surface area contributed by atoms with Crippen LogP contribution in [-0.4, -0.2) is 24.3 Å². The standard InChI is InChI=1S/C11H22N2S/c1-9-4-2-3-5-10(9)8-13-6-7-14-11(13)12/h9-11H,2-8,12H2,1H3/p+1. The summed E-state index contributed by atoms with van der Waals surface area (Å²) in [5.74, 6) is 3.15. The van der Waals surface area contributed by atoms with E-state index in [-0.39, 0.29) is 0 Å². The highest BCUT2D eigenvalue weighted by Gasteiger charge is 2.31. The zero-order valence-corrected chi connectivity index (χ0v) is 9.98. The Hall–Kier alpha value is 0.270. The third kappa shape index (κ3) is 2.44. The third-order valence-electron chi connectivity index (χ3n) is 3.94. The van der Waals surface area contributed by atoms with E-state index in [2.05, 4.69) is 6.92 Å². The Morgan fingerprint density at radius 1 is 1.36 bits per heavy atom. The number of nitrogens with two attached hydrogens (primary N) is 1. The van der Waals surface area contributed by atoms with Crippen LogP contribution in [0.4, 0.5) is 0 Å². The molecule has 1 saturated carbocycles. The van der Waals surface area contributed by atoms with Crippen molar-refractivity contribution < 1.29 is 4.90 Å². The van der Waals surface area contributed by atoms with E-state index in [9.17, 15) is 0 Å². The molecule has 4 atom stereocenters. The lowest BCUT2D eigenvalue weighted by Gasteiger charge is -2.31. The molecule has 0 amide bonds. The maximum atomic E-state index is 6.07. The molecule has 0 radical (unpaired) electrons. The molecule has 1 heterocycles. The number of hydrogen-bond donors (Lipinski definition) is 2. The minimum absolute atomic E-state index is 0.365. The highest BCUT2D eigenvalue weighted by Crippen LogP contribution is 2.28. The first kappa shape index (κ1) is 10.8. The average molecular weight is 215 g/mol. The van der Waals surface area contributed by atoms with Gasteiger partial charge in [0, 0.05) is 11.7 Å². The molecule has 1 aliphatic carbocycles. The summed E-state index contributed by atoms with van der Waals surface area (Å²) in [5, 5.41) is 0. The molecule has 82 valence electrons. The minimum Gasteiger partial charge on any atom is -0.310 e. The summed E-state index contributed by atoms with van der Waals surface area (Å²) < 4.78 is 0. The summed E-state index contributed by atoms with van der Waals surface area (Å²) in [6, 6.07) is 0. The van der Waals surface area contributed by atoms with Gasteiger partial charge in [-0.2, -0.15) is 0 Å². The van der Waals surface area contributed by atoms with Crippen molar-refractivity contribution in [2.24, 2.45) is 17.6 Å². The van der Waals surface area contributed by atoms with Crippen LogP contribution in [0.1, 0.15) is 32.6 Å². The van der Waals surface area contributed by atoms with Crippen molar-refractivity contribution >= 4 is 11.8 Å². The van der Waals surface area contributed by atoms with Crippen LogP contribution in [0.3, 0.4) is 0 Å². The van der Waals surface area contributed by atoms with Crippen molar-refractivity contribution in [3.63, 3.8) is 0 Å². The molecule has 2 fully saturated rings. The van der Waals surface area contributed by atoms with Crippen molar-refractivity contribution in [1.82, 2.24) is 0 Å². The Labute approximate surface area is 91.6 Å². The van der Waals surface area contributed by atoms with E-state index in [1.54, 1.807) is 4.90 Å². The fourth-order valence-electron chi connectivity index (χ4n) is 2.83. The van der Waals surface area contributed by atoms with Crippen molar-refractivity contribution in [3.05, 3.63) is 0 Å². The second-order valence-corrected chi connectivity index (χ2v) is 6.18. The van der Waals surface area contributed by atoms with Gasteiger partial charge in [0.2, 0.25) is 0 Å². The van der Waals surface area contributed by atoms with Crippen LogP contribution in [-0.2, 0) is 0 Å². The quantitative estimate of drug-likeness (QED) is 0.710. The summed E-state index contributed by atoms with van der Waals surface area (Å²) in [4.78, 5) is 1.65. The van der Waals surface area contributed by atoms with E-state index in [1.165, 1.54) is 44.5 Å². The smallest absolute Gasteiger partial charge is 0.187 e. The zero-order chi connectivity index (χ0) is 9.97. The van der Waals surface area contributed by atoms with Crippen LogP contribution in [0.5, 0.6) is 0 Å². The number of thioether (sulfide) groups is 1. The van der Waals surface area contributed by atoms with Gasteiger partial charge in [-0.15, -0.1) is 0 Å². The Bertz CT molecular complexity index is 186. The fraction of sp³-hybridized carbons (Fsp3) is 1.00. The first-order chi connectivity index (χ1) is 6.77. The summed E-state index contributed by atoms with van der Waals surface area (Å²) in [5.41, 5.74) is 6.43. The van der Waals surface area contributed by atoms with Crippen molar-refractivity contribution in [3.8, 4) is 0 Å². The maximum Gasteiger partial charge on any atom is 0.187 e. The SMILES string of the molecule is CC1CCCCC1C[NH+]1CCSC1N. The lowest BCUT2D eigenvalue weighted by atomic mass is 9.80. The van der Waals surface area contributed by atoms with E-state index in [0.717, 1.165) is 11.8 Å². The summed E-state index contributed by atoms with van der Waals surface area (Å²) in [6.07, 6.45) is 5.79. The maximum absolute atomic E-state index is 6.07. The Balaban J connectivity index is 1.83. The second kappa shape index (κ2) is 4.86. The number of rotatable bonds is 2. The van der Waals surface area contributed by atoms with Crippen molar-refractivity contribution in [1.29, 1.82) is 0 Å². The minimum atomic E-state index is 0.365. The number of quaternary nitrogens is 1. The van der Waals surface area contributed by atoms with E-state index in [1.807, 2.05) is 11.8 Å². The van der Waals surface area contributed by atoms with Gasteiger partial charge >= 0.3 is 0 Å². The molecule has 0 aromatic carbocycles. The molecule has 0 spiro atoms. The molecular formula is C11H23N2S+. The number of nitrogens with one attached hydrogen (secondary N) is 1. The predicted octanol–water partition coefficient (Wildman–Crippen LogP) is 0.687. The summed E-state index contributed by atoms with van der Waals surface area (Å²) >= 11 is 1.94. The topological polar surface area (TPSA) is 30.5 Å². The Morgan fingerprint density at radius 3 is 2.79 bits per heavy atom. The predicted molar refractivity (Wildman–Crippen MR) is 62.3 cm³/mol. The van der Waals surface area contributed by atoms with Gasteiger partial charge in [-0.25, -0.2) is 0 Å². The highest BCUT2D eigenvalue weighted by atomic mass is 32.2. The molecule has 14 heavy (non-hydrogen) atoms. The van der Waals surface area contributed by atoms with Gasteiger partial charge in [-0.3, -0.25) is 5.73 Å². The van der Waals surface area contributed by atoms with E-state index in [0.29, 0.717) is 5.50 Å². The molecule has 2 nitrogen and oxygen atoms in total. The van der Waals surface area contributed by atoms with Crippen LogP contribution in [0.25, 0.3) is 0 Å². The first-order valence-corrected chi connectivity index (χ1v) is 7.04. The molecule has 2 rings (SSSR count). The first-order valence-electron chi connectivity index (χ1n) is 5.99. The largest absolute Gasteiger partial charge is 0.310 e. The van der Waals surface area contributed by atoms with Gasteiger partial charge in [0.1, 0.15) is 0 Å². The van der Waals surface area contributed by atoms with Gasteiger partial charge in [0.05, 0.1) is 13.1 Å². The van der Waals surface area contributed by atoms with Crippen molar-refractivity contribution in [2.45, 2.75) is 38.1 Å². The molecule has 0 bridgehead atoms. The van der Waals surface area contributed by atoms with Gasteiger partial charge in [-0.05, 0) is 12.3 Å². The zero-order valence-electron chi connectivity index (χ0n) is 9.17. The molecule has 0 aromatic rings. The number of hydrogen-bond acceptors (Lipinski definition) is 2. The Kier molecular flexibility index (Phi) is 3.74. The molecule has 1 aliphatic heterocycles. The van der Waals surface area contributed by atoms with Crippen LogP contribution in [0.15, 0.2) is 0 Å². The summed E-state index contributed by atoms with van der Waals surface area (Å²) in [7, 11) is 0. The van der Waals surface area contributed by atoms with E-state index in [4.69, 9.17) is 5.73 Å². The molecule has 2 aliphatic rings. The lowest BCUT2D eigenvalue weighted by molar-refractivity contribution is -0.906. The van der Waals surface area contributed by atoms with Gasteiger partial charge in [-0.1, -0.05) is 37.9 Å². The highest BCUT2D eigenvalue weighted by molar-refractivity contribution is 7.99. The van der Waals surface area contributed by atoms with Gasteiger partial charge < -0.3 is 4.90 Å². The van der Waals surface area contributed by atoms with Crippen molar-refractivity contribution in [2.75, 3.05) is 18.8 Å². The van der Waals surface area contributed by atoms with Crippen LogP contribution >= 0.6 is 11.8 Å². The molecule has 1 saturated heterocycles. The Morgan fingerprint density at radius 2 is 2.14 bits per heavy atom. The van der Waals surface area contributed by atoms with Crippen LogP contribution in [0.2, 0.25) is 0 Å². The fourth-order valence-corrected chi connectivity index (χ4v) is 3.91. The third-order valence-corrected chi connectivity index (χ3v) is 5.07. The average Bonchev–Trinajstić information content (AvgIpc) is 2.56. The normalized spacial score (nSPS) is 44.1. The van der Waals surface area contributed by atoms with Gasteiger partial charge in [0.25, 0.3) is 0 Å². The lowest BCUT2D eigenvalue weighted by Crippen LogP contribution is -3.15. The monoisotopic (exact) mass is 215 g/mol. The molecule has 3 N–H and O–H groups in total. The van der Waals surface area contributed by atoms with Crippen LogP contribution in [0, 0.1) is 11.8 Å². The molecule has 0 aromatic heterocycles. The summed E-state index contributed by atoms with van der Waals surface area (Å²) in [6.45, 7) is 5.04. The van der Waals surface area contributed by atoms with Gasteiger partial charge in [0.15, 0.2) is 5.50 Å². The second-order valence-electron chi connectivity index (χ2n) is 4.93. The van der Waals surface area contributed by atoms with E-state index >= 15 is 0 Å². The van der Waals surface area contributed by atoms with E-state index < -0.39 is 0 Å². The molecule has 4 unspecified atom stereocenters. The molecule has 3 heteroatoms.